The van der Waals surface area contributed by atoms with E-state index in [1.807, 2.05) is 13.8 Å². The van der Waals surface area contributed by atoms with Gasteiger partial charge in [0.05, 0.1) is 22.5 Å². The summed E-state index contributed by atoms with van der Waals surface area (Å²) in [4.78, 5) is 35.4. The molecule has 0 saturated carbocycles. The molecule has 0 atom stereocenters. The molecular formula is C22H25N2O9PS2. The van der Waals surface area contributed by atoms with Gasteiger partial charge < -0.3 is 24.0 Å². The first-order valence-corrected chi connectivity index (χ1v) is 15.0. The van der Waals surface area contributed by atoms with Gasteiger partial charge >= 0.3 is 7.60 Å². The highest BCUT2D eigenvalue weighted by molar-refractivity contribution is 7.90. The highest BCUT2D eigenvalue weighted by atomic mass is 32.2. The molecule has 0 unspecified atom stereocenters. The Hall–Kier alpha value is -2.80. The summed E-state index contributed by atoms with van der Waals surface area (Å²) in [6.07, 6.45) is 1.67. The smallest absolute Gasteiger partial charge is 0.350 e. The lowest BCUT2D eigenvalue weighted by Gasteiger charge is -2.14. The lowest BCUT2D eigenvalue weighted by Crippen LogP contribution is -2.13. The van der Waals surface area contributed by atoms with Crippen molar-refractivity contribution in [3.05, 3.63) is 59.1 Å². The topological polar surface area (TPSA) is 161 Å². The zero-order valence-corrected chi connectivity index (χ0v) is 22.1. The third kappa shape index (κ3) is 8.70. The third-order valence-corrected chi connectivity index (χ3v) is 6.81. The standard InChI is InChI=1S/C22H25N2O9PS2/c1-14(2)32-17-8-15(9-18(10-17)33-16-4-6-20(7-5-16)36(3,29)30)21(25)24-22-23-11-19(35-22)12-31-13-34(26,27)28/h4-11,14H,12-13H2,1-3H3,(H,23,24,25)(H2,26,27,28). The Labute approximate surface area is 212 Å². The number of amides is 1. The van der Waals surface area contributed by atoms with E-state index in [2.05, 4.69) is 10.3 Å². The first kappa shape index (κ1) is 27.8. The lowest BCUT2D eigenvalue weighted by molar-refractivity contribution is 0.102. The van der Waals surface area contributed by atoms with Gasteiger partial charge in [0.15, 0.2) is 15.0 Å². The van der Waals surface area contributed by atoms with Gasteiger partial charge in [-0.05, 0) is 50.2 Å². The molecular weight excluding hydrogens is 531 g/mol. The van der Waals surface area contributed by atoms with E-state index in [1.165, 1.54) is 36.5 Å². The van der Waals surface area contributed by atoms with Crippen molar-refractivity contribution in [1.82, 2.24) is 4.98 Å². The normalized spacial score (nSPS) is 11.9. The number of nitrogens with zero attached hydrogens (tertiary/aromatic N) is 1. The van der Waals surface area contributed by atoms with Crippen LogP contribution in [0.5, 0.6) is 17.2 Å². The number of sulfone groups is 1. The number of anilines is 1. The van der Waals surface area contributed by atoms with Gasteiger partial charge in [-0.2, -0.15) is 0 Å². The van der Waals surface area contributed by atoms with E-state index in [-0.39, 0.29) is 28.3 Å². The SMILES string of the molecule is CC(C)Oc1cc(Oc2ccc(S(C)(=O)=O)cc2)cc(C(=O)Nc2ncc(COCP(=O)(O)O)s2)c1. The van der Waals surface area contributed by atoms with Gasteiger partial charge in [0.1, 0.15) is 23.6 Å². The Kier molecular flexibility index (Phi) is 8.88. The molecule has 11 nitrogen and oxygen atoms in total. The second kappa shape index (κ2) is 11.5. The van der Waals surface area contributed by atoms with Crippen LogP contribution >= 0.6 is 18.9 Å². The molecule has 0 aliphatic heterocycles. The van der Waals surface area contributed by atoms with Crippen molar-refractivity contribution in [2.45, 2.75) is 31.5 Å². The van der Waals surface area contributed by atoms with Gasteiger partial charge in [-0.3, -0.25) is 14.7 Å². The fraction of sp³-hybridized carbons (Fsp3) is 0.273. The monoisotopic (exact) mass is 556 g/mol. The highest BCUT2D eigenvalue weighted by Crippen LogP contribution is 2.34. The van der Waals surface area contributed by atoms with Crippen molar-refractivity contribution in [1.29, 1.82) is 0 Å². The van der Waals surface area contributed by atoms with E-state index >= 15 is 0 Å². The number of aromatic nitrogens is 1. The zero-order chi connectivity index (χ0) is 26.5. The van der Waals surface area contributed by atoms with E-state index in [9.17, 15) is 17.8 Å². The molecule has 0 bridgehead atoms. The summed E-state index contributed by atoms with van der Waals surface area (Å²) < 4.78 is 50.8. The average Bonchev–Trinajstić information content (AvgIpc) is 3.19. The molecule has 0 saturated heterocycles. The summed E-state index contributed by atoms with van der Waals surface area (Å²) in [7, 11) is -7.62. The number of carbonyl (C=O) groups is 1. The van der Waals surface area contributed by atoms with Crippen molar-refractivity contribution in [3.63, 3.8) is 0 Å². The minimum absolute atomic E-state index is 0.0630. The number of nitrogens with one attached hydrogen (secondary N) is 1. The molecule has 1 heterocycles. The van der Waals surface area contributed by atoms with E-state index in [4.69, 9.17) is 24.0 Å². The minimum Gasteiger partial charge on any atom is -0.491 e. The van der Waals surface area contributed by atoms with Crippen LogP contribution in [0.15, 0.2) is 53.6 Å². The number of benzene rings is 2. The third-order valence-electron chi connectivity index (χ3n) is 4.28. The molecule has 0 spiro atoms. The molecule has 14 heteroatoms. The van der Waals surface area contributed by atoms with Crippen molar-refractivity contribution in [2.75, 3.05) is 17.9 Å². The largest absolute Gasteiger partial charge is 0.491 e. The molecule has 1 amide bonds. The predicted octanol–water partition coefficient (Wildman–Crippen LogP) is 4.03. The van der Waals surface area contributed by atoms with Crippen LogP contribution in [0.2, 0.25) is 0 Å². The molecule has 2 aromatic carbocycles. The molecule has 3 aromatic rings. The molecule has 1 aromatic heterocycles. The van der Waals surface area contributed by atoms with Gasteiger partial charge in [-0.15, -0.1) is 0 Å². The number of carbonyl (C=O) groups excluding carboxylic acids is 1. The maximum Gasteiger partial charge on any atom is 0.350 e. The fourth-order valence-electron chi connectivity index (χ4n) is 2.86. The number of ether oxygens (including phenoxy) is 3. The summed E-state index contributed by atoms with van der Waals surface area (Å²) in [5.74, 6) is 0.580. The number of hydrogen-bond acceptors (Lipinski definition) is 9. The lowest BCUT2D eigenvalue weighted by atomic mass is 10.2. The quantitative estimate of drug-likeness (QED) is 0.294. The molecule has 194 valence electrons. The van der Waals surface area contributed by atoms with Gasteiger partial charge in [0.25, 0.3) is 5.91 Å². The summed E-state index contributed by atoms with van der Waals surface area (Å²) >= 11 is 1.10. The summed E-state index contributed by atoms with van der Waals surface area (Å²) in [5, 5.41) is 2.93. The van der Waals surface area contributed by atoms with Gasteiger partial charge in [0, 0.05) is 24.1 Å². The molecule has 3 rings (SSSR count). The van der Waals surface area contributed by atoms with Crippen molar-refractivity contribution in [2.24, 2.45) is 0 Å². The van der Waals surface area contributed by atoms with Crippen molar-refractivity contribution < 1.29 is 41.8 Å². The number of hydrogen-bond donors (Lipinski definition) is 3. The number of thiazole rings is 1. The van der Waals surface area contributed by atoms with Crippen LogP contribution in [0.3, 0.4) is 0 Å². The van der Waals surface area contributed by atoms with E-state index in [0.717, 1.165) is 17.6 Å². The van der Waals surface area contributed by atoms with Crippen LogP contribution in [0, 0.1) is 0 Å². The summed E-state index contributed by atoms with van der Waals surface area (Å²) in [6.45, 7) is 3.61. The van der Waals surface area contributed by atoms with Crippen LogP contribution in [0.25, 0.3) is 0 Å². The Morgan fingerprint density at radius 3 is 2.39 bits per heavy atom. The first-order valence-electron chi connectivity index (χ1n) is 10.5. The second-order valence-electron chi connectivity index (χ2n) is 7.93. The minimum atomic E-state index is -4.27. The highest BCUT2D eigenvalue weighted by Gasteiger charge is 2.16. The van der Waals surface area contributed by atoms with E-state index < -0.39 is 29.7 Å². The van der Waals surface area contributed by atoms with Gasteiger partial charge in [-0.25, -0.2) is 13.4 Å². The van der Waals surface area contributed by atoms with Crippen molar-refractivity contribution >= 4 is 39.8 Å². The Morgan fingerprint density at radius 1 is 1.11 bits per heavy atom. The van der Waals surface area contributed by atoms with E-state index in [1.54, 1.807) is 12.1 Å². The molecule has 3 N–H and O–H groups in total. The van der Waals surface area contributed by atoms with E-state index in [0.29, 0.717) is 22.1 Å². The van der Waals surface area contributed by atoms with Crippen LogP contribution in [0.4, 0.5) is 5.13 Å². The first-order chi connectivity index (χ1) is 16.8. The van der Waals surface area contributed by atoms with Crippen LogP contribution in [0.1, 0.15) is 29.1 Å². The molecule has 0 fully saturated rings. The molecule has 0 aliphatic rings. The van der Waals surface area contributed by atoms with Crippen LogP contribution in [-0.4, -0.2) is 47.8 Å². The Balaban J connectivity index is 1.76. The number of rotatable bonds is 11. The van der Waals surface area contributed by atoms with Crippen LogP contribution in [-0.2, 0) is 25.7 Å². The summed E-state index contributed by atoms with van der Waals surface area (Å²) in [6, 6.07) is 10.5. The molecule has 36 heavy (non-hydrogen) atoms. The average molecular weight is 557 g/mol. The molecule has 0 radical (unpaired) electrons. The Morgan fingerprint density at radius 2 is 1.78 bits per heavy atom. The second-order valence-corrected chi connectivity index (χ2v) is 12.7. The zero-order valence-electron chi connectivity index (χ0n) is 19.6. The van der Waals surface area contributed by atoms with Gasteiger partial charge in [-0.1, -0.05) is 11.3 Å². The maximum absolute atomic E-state index is 12.9. The summed E-state index contributed by atoms with van der Waals surface area (Å²) in [5.41, 5.74) is 0.227. The van der Waals surface area contributed by atoms with Crippen LogP contribution < -0.4 is 14.8 Å². The predicted molar refractivity (Wildman–Crippen MR) is 134 cm³/mol. The fourth-order valence-corrected chi connectivity index (χ4v) is 4.56. The Bertz CT molecular complexity index is 1370. The molecule has 0 aliphatic carbocycles. The van der Waals surface area contributed by atoms with Gasteiger partial charge in [0.2, 0.25) is 0 Å². The van der Waals surface area contributed by atoms with Crippen molar-refractivity contribution in [3.8, 4) is 17.2 Å². The maximum atomic E-state index is 12.9.